The van der Waals surface area contributed by atoms with Crippen LogP contribution in [0.5, 0.6) is 0 Å². The smallest absolute Gasteiger partial charge is 0.339 e. The molecule has 3 aromatic rings. The minimum absolute atomic E-state index is 0.184. The number of amides is 1. The second-order valence-electron chi connectivity index (χ2n) is 8.50. The molecule has 1 aliphatic rings. The maximum atomic E-state index is 12.9. The summed E-state index contributed by atoms with van der Waals surface area (Å²) in [5.41, 5.74) is 2.00. The summed E-state index contributed by atoms with van der Waals surface area (Å²) in [5, 5.41) is 22.8. The number of furan rings is 1. The molecule has 0 spiro atoms. The normalized spacial score (nSPS) is 13.0. The number of nitrogens with zero attached hydrogens (tertiary/aromatic N) is 2. The van der Waals surface area contributed by atoms with Crippen LogP contribution in [0.25, 0.3) is 17.4 Å². The second-order valence-corrected chi connectivity index (χ2v) is 10.0. The van der Waals surface area contributed by atoms with Crippen molar-refractivity contribution in [1.82, 2.24) is 0 Å². The lowest BCUT2D eigenvalue weighted by Crippen LogP contribution is -2.13. The van der Waals surface area contributed by atoms with E-state index in [1.165, 1.54) is 17.4 Å². The molecule has 0 fully saturated rings. The molecule has 0 saturated carbocycles. The molecule has 1 amide bonds. The van der Waals surface area contributed by atoms with E-state index < -0.39 is 11.9 Å². The van der Waals surface area contributed by atoms with Crippen molar-refractivity contribution in [2.24, 2.45) is 0 Å². The lowest BCUT2D eigenvalue weighted by molar-refractivity contribution is -0.112. The van der Waals surface area contributed by atoms with Gasteiger partial charge in [-0.3, -0.25) is 4.79 Å². The number of hydrogen-bond donors (Lipinski definition) is 1. The number of halogens is 1. The van der Waals surface area contributed by atoms with Gasteiger partial charge in [0.05, 0.1) is 17.2 Å². The van der Waals surface area contributed by atoms with Crippen molar-refractivity contribution >= 4 is 45.9 Å². The molecule has 9 heteroatoms. The van der Waals surface area contributed by atoms with Gasteiger partial charge in [0.2, 0.25) is 0 Å². The van der Waals surface area contributed by atoms with Crippen LogP contribution in [-0.2, 0) is 22.4 Å². The third-order valence-electron chi connectivity index (χ3n) is 5.60. The summed E-state index contributed by atoms with van der Waals surface area (Å²) in [6.45, 7) is 3.51. The molecule has 1 N–H and O–H groups in total. The number of nitrogens with one attached hydrogen (secondary N) is 1. The number of hydrogen-bond acceptors (Lipinski definition) is 7. The minimum Gasteiger partial charge on any atom is -0.459 e. The van der Waals surface area contributed by atoms with Crippen LogP contribution in [0.2, 0.25) is 5.02 Å². The van der Waals surface area contributed by atoms with Crippen LogP contribution in [0.3, 0.4) is 0 Å². The predicted molar refractivity (Wildman–Crippen MR) is 138 cm³/mol. The zero-order valence-corrected chi connectivity index (χ0v) is 21.3. The summed E-state index contributed by atoms with van der Waals surface area (Å²) < 4.78 is 11.2. The van der Waals surface area contributed by atoms with Gasteiger partial charge in [0.25, 0.3) is 5.91 Å². The quantitative estimate of drug-likeness (QED) is 0.225. The van der Waals surface area contributed by atoms with Gasteiger partial charge in [-0.2, -0.15) is 10.5 Å². The molecule has 7 nitrogen and oxygen atoms in total. The Morgan fingerprint density at radius 3 is 2.69 bits per heavy atom. The van der Waals surface area contributed by atoms with Crippen molar-refractivity contribution in [2.75, 3.05) is 5.32 Å². The van der Waals surface area contributed by atoms with Crippen LogP contribution in [0.4, 0.5) is 5.00 Å². The SMILES string of the molecule is CC(C)OC(=O)c1ccc(Cl)cc1-c1ccc(/C=C(/C#N)C(=O)Nc2sc3c(c2C#N)CCCC3)o1. The summed E-state index contributed by atoms with van der Waals surface area (Å²) in [5.74, 6) is -0.579. The zero-order chi connectivity index (χ0) is 25.8. The highest BCUT2D eigenvalue weighted by Crippen LogP contribution is 2.38. The Hall–Kier alpha value is -3.85. The Kier molecular flexibility index (Phi) is 7.59. The van der Waals surface area contributed by atoms with E-state index >= 15 is 0 Å². The highest BCUT2D eigenvalue weighted by Gasteiger charge is 2.23. The van der Waals surface area contributed by atoms with Crippen LogP contribution >= 0.6 is 22.9 Å². The molecule has 0 radical (unpaired) electrons. The molecule has 0 bridgehead atoms. The second kappa shape index (κ2) is 10.8. The molecule has 2 aromatic heterocycles. The third-order valence-corrected chi connectivity index (χ3v) is 7.04. The first-order chi connectivity index (χ1) is 17.3. The number of aryl methyl sites for hydroxylation is 1. The number of rotatable bonds is 6. The van der Waals surface area contributed by atoms with Crippen molar-refractivity contribution < 1.29 is 18.7 Å². The van der Waals surface area contributed by atoms with E-state index in [2.05, 4.69) is 11.4 Å². The highest BCUT2D eigenvalue weighted by molar-refractivity contribution is 7.16. The summed E-state index contributed by atoms with van der Waals surface area (Å²) in [6.07, 6.45) is 4.78. The van der Waals surface area contributed by atoms with Crippen molar-refractivity contribution in [3.63, 3.8) is 0 Å². The van der Waals surface area contributed by atoms with Crippen LogP contribution in [0.15, 0.2) is 40.3 Å². The number of fused-ring (bicyclic) bond motifs is 1. The van der Waals surface area contributed by atoms with Crippen molar-refractivity contribution in [2.45, 2.75) is 45.6 Å². The molecule has 0 saturated heterocycles. The first kappa shape index (κ1) is 25.2. The standard InChI is InChI=1S/C27H22ClN3O4S/c1-15(2)34-27(33)20-9-7-17(28)12-21(20)23-10-8-18(35-23)11-16(13-29)25(32)31-26-22(14-30)19-5-3-4-6-24(19)36-26/h7-12,15H,3-6H2,1-2H3,(H,31,32)/b16-11-. The Bertz CT molecular complexity index is 1450. The molecule has 1 aromatic carbocycles. The van der Waals surface area contributed by atoms with Crippen LogP contribution in [0.1, 0.15) is 58.8 Å². The van der Waals surface area contributed by atoms with E-state index in [0.29, 0.717) is 26.9 Å². The van der Waals surface area contributed by atoms with Crippen molar-refractivity contribution in [3.05, 3.63) is 68.3 Å². The fourth-order valence-electron chi connectivity index (χ4n) is 3.98. The van der Waals surface area contributed by atoms with Crippen LogP contribution in [-0.4, -0.2) is 18.0 Å². The number of anilines is 1. The fraction of sp³-hybridized carbons (Fsp3) is 0.259. The largest absolute Gasteiger partial charge is 0.459 e. The average molecular weight is 520 g/mol. The topological polar surface area (TPSA) is 116 Å². The number of carbonyl (C=O) groups is 2. The predicted octanol–water partition coefficient (Wildman–Crippen LogP) is 6.52. The molecule has 2 heterocycles. The van der Waals surface area contributed by atoms with E-state index in [4.69, 9.17) is 20.8 Å². The number of nitriles is 2. The average Bonchev–Trinajstić information content (AvgIpc) is 3.45. The lowest BCUT2D eigenvalue weighted by atomic mass is 9.96. The molecule has 4 rings (SSSR count). The highest BCUT2D eigenvalue weighted by atomic mass is 35.5. The van der Waals surface area contributed by atoms with Gasteiger partial charge in [0.1, 0.15) is 34.2 Å². The van der Waals surface area contributed by atoms with Crippen molar-refractivity contribution in [3.8, 4) is 23.5 Å². The minimum atomic E-state index is -0.630. The first-order valence-electron chi connectivity index (χ1n) is 11.4. The van der Waals surface area contributed by atoms with Gasteiger partial charge in [-0.1, -0.05) is 11.6 Å². The molecule has 182 valence electrons. The lowest BCUT2D eigenvalue weighted by Gasteiger charge is -2.11. The number of carbonyl (C=O) groups excluding carboxylic acids is 2. The molecule has 0 aliphatic heterocycles. The fourth-order valence-corrected chi connectivity index (χ4v) is 5.39. The number of esters is 1. The number of thiophene rings is 1. The summed E-state index contributed by atoms with van der Waals surface area (Å²) >= 11 is 7.54. The monoisotopic (exact) mass is 519 g/mol. The van der Waals surface area contributed by atoms with Gasteiger partial charge in [-0.15, -0.1) is 11.3 Å². The number of ether oxygens (including phenoxy) is 1. The van der Waals surface area contributed by atoms with Gasteiger partial charge in [-0.05, 0) is 75.4 Å². The van der Waals surface area contributed by atoms with Gasteiger partial charge >= 0.3 is 5.97 Å². The van der Waals surface area contributed by atoms with Crippen LogP contribution in [0, 0.1) is 22.7 Å². The molecule has 0 atom stereocenters. The van der Waals surface area contributed by atoms with Crippen LogP contribution < -0.4 is 5.32 Å². The summed E-state index contributed by atoms with van der Waals surface area (Å²) in [7, 11) is 0. The molecule has 1 aliphatic carbocycles. The molecule has 36 heavy (non-hydrogen) atoms. The summed E-state index contributed by atoms with van der Waals surface area (Å²) in [6, 6.07) is 12.0. The maximum absolute atomic E-state index is 12.9. The molecular formula is C27H22ClN3O4S. The van der Waals surface area contributed by atoms with Gasteiger partial charge in [0.15, 0.2) is 0 Å². The third kappa shape index (κ3) is 5.36. The Labute approximate surface area is 217 Å². The molecule has 0 unspecified atom stereocenters. The van der Waals surface area contributed by atoms with Crippen molar-refractivity contribution in [1.29, 1.82) is 10.5 Å². The first-order valence-corrected chi connectivity index (χ1v) is 12.6. The van der Waals surface area contributed by atoms with Gasteiger partial charge in [0, 0.05) is 21.5 Å². The molecular weight excluding hydrogens is 498 g/mol. The van der Waals surface area contributed by atoms with Gasteiger partial charge in [-0.25, -0.2) is 4.79 Å². The summed E-state index contributed by atoms with van der Waals surface area (Å²) in [4.78, 5) is 26.5. The maximum Gasteiger partial charge on any atom is 0.339 e. The van der Waals surface area contributed by atoms with E-state index in [-0.39, 0.29) is 23.0 Å². The van der Waals surface area contributed by atoms with E-state index in [1.807, 2.05) is 6.07 Å². The Balaban J connectivity index is 1.60. The van der Waals surface area contributed by atoms with E-state index in [0.717, 1.165) is 36.1 Å². The zero-order valence-electron chi connectivity index (χ0n) is 19.7. The van der Waals surface area contributed by atoms with E-state index in [1.54, 1.807) is 44.2 Å². The number of benzene rings is 1. The van der Waals surface area contributed by atoms with Gasteiger partial charge < -0.3 is 14.5 Å². The van der Waals surface area contributed by atoms with E-state index in [9.17, 15) is 20.1 Å². The Morgan fingerprint density at radius 2 is 1.97 bits per heavy atom. The Morgan fingerprint density at radius 1 is 1.19 bits per heavy atom.